The lowest BCUT2D eigenvalue weighted by atomic mass is 10.2. The van der Waals surface area contributed by atoms with Crippen molar-refractivity contribution < 1.29 is 0 Å². The molecule has 1 atom stereocenters. The van der Waals surface area contributed by atoms with Crippen molar-refractivity contribution in [1.82, 2.24) is 9.88 Å². The first kappa shape index (κ1) is 11.9. The number of amidine groups is 1. The van der Waals surface area contributed by atoms with E-state index in [9.17, 15) is 0 Å². The molecular weight excluding hydrogens is 214 g/mol. The van der Waals surface area contributed by atoms with Crippen LogP contribution >= 0.6 is 0 Å². The number of pyridine rings is 1. The van der Waals surface area contributed by atoms with Crippen LogP contribution < -0.4 is 10.6 Å². The summed E-state index contributed by atoms with van der Waals surface area (Å²) >= 11 is 0. The molecule has 0 aromatic carbocycles. The van der Waals surface area contributed by atoms with Crippen molar-refractivity contribution in [3.63, 3.8) is 0 Å². The number of nitrogens with one attached hydrogen (secondary N) is 1. The van der Waals surface area contributed by atoms with Gasteiger partial charge in [0.2, 0.25) is 0 Å². The molecule has 0 aliphatic carbocycles. The largest absolute Gasteiger partial charge is 0.382 e. The zero-order valence-electron chi connectivity index (χ0n) is 10.3. The third-order valence-electron chi connectivity index (χ3n) is 3.28. The molecule has 1 aliphatic heterocycles. The van der Waals surface area contributed by atoms with Gasteiger partial charge in [0, 0.05) is 25.3 Å². The molecule has 0 bridgehead atoms. The number of likely N-dealkylation sites (N-methyl/N-ethyl adjacent to an activating group) is 1. The average Bonchev–Trinajstić information content (AvgIpc) is 2.78. The van der Waals surface area contributed by atoms with E-state index < -0.39 is 0 Å². The van der Waals surface area contributed by atoms with E-state index in [0.29, 0.717) is 11.7 Å². The topological polar surface area (TPSA) is 69.2 Å². The van der Waals surface area contributed by atoms with E-state index in [2.05, 4.69) is 28.9 Å². The predicted octanol–water partition coefficient (Wildman–Crippen LogP) is 0.506. The van der Waals surface area contributed by atoms with Crippen LogP contribution in [0.15, 0.2) is 18.3 Å². The first-order chi connectivity index (χ1) is 8.09. The minimum Gasteiger partial charge on any atom is -0.382 e. The smallest absolute Gasteiger partial charge is 0.143 e. The van der Waals surface area contributed by atoms with Gasteiger partial charge in [-0.2, -0.15) is 0 Å². The van der Waals surface area contributed by atoms with Crippen LogP contribution in [-0.2, 0) is 0 Å². The standard InChI is InChI=1S/C12H19N5/c1-16(2)9-5-7-17(8-9)10-4-3-6-15-11(10)12(13)14/h3-4,6,9H,5,7-8H2,1-2H3,(H3,13,14). The van der Waals surface area contributed by atoms with Gasteiger partial charge in [-0.1, -0.05) is 0 Å². The summed E-state index contributed by atoms with van der Waals surface area (Å²) in [6, 6.07) is 4.45. The molecule has 0 amide bonds. The Morgan fingerprint density at radius 2 is 2.35 bits per heavy atom. The first-order valence-electron chi connectivity index (χ1n) is 5.80. The monoisotopic (exact) mass is 233 g/mol. The summed E-state index contributed by atoms with van der Waals surface area (Å²) in [6.45, 7) is 1.97. The zero-order chi connectivity index (χ0) is 12.4. The van der Waals surface area contributed by atoms with Crippen LogP contribution in [0.25, 0.3) is 0 Å². The molecule has 1 saturated heterocycles. The highest BCUT2D eigenvalue weighted by Gasteiger charge is 2.26. The van der Waals surface area contributed by atoms with Crippen LogP contribution in [0.3, 0.4) is 0 Å². The number of nitrogens with two attached hydrogens (primary N) is 1. The number of rotatable bonds is 3. The predicted molar refractivity (Wildman–Crippen MR) is 69.6 cm³/mol. The van der Waals surface area contributed by atoms with Crippen LogP contribution in [-0.4, -0.2) is 48.9 Å². The molecule has 2 rings (SSSR count). The molecular formula is C12H19N5. The van der Waals surface area contributed by atoms with E-state index in [1.807, 2.05) is 12.1 Å². The van der Waals surface area contributed by atoms with Crippen LogP contribution in [0.4, 0.5) is 5.69 Å². The van der Waals surface area contributed by atoms with Crippen LogP contribution in [0.1, 0.15) is 12.1 Å². The second-order valence-corrected chi connectivity index (χ2v) is 4.64. The van der Waals surface area contributed by atoms with E-state index in [-0.39, 0.29) is 5.84 Å². The molecule has 1 aromatic rings. The second kappa shape index (κ2) is 4.71. The van der Waals surface area contributed by atoms with Crippen LogP contribution in [0.2, 0.25) is 0 Å². The highest BCUT2D eigenvalue weighted by molar-refractivity contribution is 5.98. The maximum atomic E-state index is 7.55. The SMILES string of the molecule is CN(C)C1CCN(c2cccnc2C(=N)N)C1. The Kier molecular flexibility index (Phi) is 3.28. The number of aromatic nitrogens is 1. The third-order valence-corrected chi connectivity index (χ3v) is 3.28. The Balaban J connectivity index is 2.21. The molecule has 0 spiro atoms. The number of anilines is 1. The number of hydrogen-bond donors (Lipinski definition) is 2. The highest BCUT2D eigenvalue weighted by Crippen LogP contribution is 2.24. The van der Waals surface area contributed by atoms with Gasteiger partial charge >= 0.3 is 0 Å². The number of nitrogens with zero attached hydrogens (tertiary/aromatic N) is 3. The normalized spacial score (nSPS) is 19.9. The van der Waals surface area contributed by atoms with Gasteiger partial charge in [-0.05, 0) is 32.6 Å². The Hall–Kier alpha value is -1.62. The lowest BCUT2D eigenvalue weighted by molar-refractivity contribution is 0.315. The van der Waals surface area contributed by atoms with Crippen LogP contribution in [0.5, 0.6) is 0 Å². The van der Waals surface area contributed by atoms with E-state index in [0.717, 1.165) is 25.2 Å². The van der Waals surface area contributed by atoms with Crippen molar-refractivity contribution in [2.75, 3.05) is 32.1 Å². The molecule has 5 heteroatoms. The van der Waals surface area contributed by atoms with Crippen molar-refractivity contribution in [3.8, 4) is 0 Å². The maximum absolute atomic E-state index is 7.55. The first-order valence-corrected chi connectivity index (χ1v) is 5.80. The lowest BCUT2D eigenvalue weighted by Crippen LogP contribution is -2.32. The van der Waals surface area contributed by atoms with Crippen LogP contribution in [0, 0.1) is 5.41 Å². The van der Waals surface area contributed by atoms with Crippen molar-refractivity contribution in [3.05, 3.63) is 24.0 Å². The molecule has 0 saturated carbocycles. The molecule has 2 heterocycles. The van der Waals surface area contributed by atoms with E-state index in [4.69, 9.17) is 11.1 Å². The van der Waals surface area contributed by atoms with Gasteiger partial charge in [0.05, 0.1) is 5.69 Å². The van der Waals surface area contributed by atoms with Gasteiger partial charge in [0.15, 0.2) is 0 Å². The highest BCUT2D eigenvalue weighted by atomic mass is 15.2. The third kappa shape index (κ3) is 2.39. The minimum atomic E-state index is 0.0360. The van der Waals surface area contributed by atoms with Crippen molar-refractivity contribution in [2.45, 2.75) is 12.5 Å². The molecule has 92 valence electrons. The summed E-state index contributed by atoms with van der Waals surface area (Å²) in [6.07, 6.45) is 2.82. The molecule has 5 nitrogen and oxygen atoms in total. The van der Waals surface area contributed by atoms with E-state index in [1.54, 1.807) is 6.20 Å². The zero-order valence-corrected chi connectivity index (χ0v) is 10.3. The lowest BCUT2D eigenvalue weighted by Gasteiger charge is -2.23. The Morgan fingerprint density at radius 3 is 2.94 bits per heavy atom. The fraction of sp³-hybridized carbons (Fsp3) is 0.500. The molecule has 1 fully saturated rings. The van der Waals surface area contributed by atoms with E-state index >= 15 is 0 Å². The summed E-state index contributed by atoms with van der Waals surface area (Å²) in [5, 5.41) is 7.55. The average molecular weight is 233 g/mol. The van der Waals surface area contributed by atoms with Gasteiger partial charge in [-0.3, -0.25) is 10.4 Å². The summed E-state index contributed by atoms with van der Waals surface area (Å²) in [5.74, 6) is 0.0360. The van der Waals surface area contributed by atoms with Gasteiger partial charge in [-0.25, -0.2) is 0 Å². The van der Waals surface area contributed by atoms with Gasteiger partial charge in [0.25, 0.3) is 0 Å². The molecule has 1 aliphatic rings. The van der Waals surface area contributed by atoms with Crippen molar-refractivity contribution in [1.29, 1.82) is 5.41 Å². The van der Waals surface area contributed by atoms with Gasteiger partial charge < -0.3 is 15.5 Å². The summed E-state index contributed by atoms with van der Waals surface area (Å²) in [4.78, 5) is 8.69. The second-order valence-electron chi connectivity index (χ2n) is 4.64. The maximum Gasteiger partial charge on any atom is 0.143 e. The van der Waals surface area contributed by atoms with Crippen molar-refractivity contribution >= 4 is 11.5 Å². The molecule has 3 N–H and O–H groups in total. The van der Waals surface area contributed by atoms with Crippen molar-refractivity contribution in [2.24, 2.45) is 5.73 Å². The number of nitrogen functional groups attached to an aromatic ring is 1. The minimum absolute atomic E-state index is 0.0360. The number of hydrogen-bond acceptors (Lipinski definition) is 4. The molecule has 17 heavy (non-hydrogen) atoms. The summed E-state index contributed by atoms with van der Waals surface area (Å²) < 4.78 is 0. The molecule has 1 aromatic heterocycles. The summed E-state index contributed by atoms with van der Waals surface area (Å²) in [7, 11) is 4.20. The Labute approximate surface area is 102 Å². The van der Waals surface area contributed by atoms with Gasteiger partial charge in [-0.15, -0.1) is 0 Å². The van der Waals surface area contributed by atoms with Gasteiger partial charge in [0.1, 0.15) is 11.5 Å². The fourth-order valence-corrected chi connectivity index (χ4v) is 2.24. The quantitative estimate of drug-likeness (QED) is 0.589. The van der Waals surface area contributed by atoms with E-state index in [1.165, 1.54) is 0 Å². The Morgan fingerprint density at radius 1 is 1.59 bits per heavy atom. The Bertz CT molecular complexity index is 415. The fourth-order valence-electron chi connectivity index (χ4n) is 2.24. The molecule has 1 unspecified atom stereocenters. The summed E-state index contributed by atoms with van der Waals surface area (Å²) in [5.41, 5.74) is 7.13. The molecule has 0 radical (unpaired) electrons.